The SMILES string of the molecule is Cc1cc(NC(=O)CCOc2ccccc2N)cnc1Cl. The van der Waals surface area contributed by atoms with Gasteiger partial charge in [0, 0.05) is 0 Å². The number of aromatic nitrogens is 1. The van der Waals surface area contributed by atoms with Gasteiger partial charge in [0.15, 0.2) is 0 Å². The topological polar surface area (TPSA) is 77.2 Å². The maximum atomic E-state index is 11.8. The third kappa shape index (κ3) is 4.36. The lowest BCUT2D eigenvalue weighted by Crippen LogP contribution is -2.15. The van der Waals surface area contributed by atoms with E-state index in [1.54, 1.807) is 18.2 Å². The van der Waals surface area contributed by atoms with E-state index < -0.39 is 0 Å². The second-order valence-electron chi connectivity index (χ2n) is 4.52. The first-order valence-corrected chi connectivity index (χ1v) is 6.83. The first kappa shape index (κ1) is 15.1. The Bertz CT molecular complexity index is 647. The summed E-state index contributed by atoms with van der Waals surface area (Å²) in [4.78, 5) is 15.8. The van der Waals surface area contributed by atoms with E-state index in [-0.39, 0.29) is 18.9 Å². The van der Waals surface area contributed by atoms with Crippen LogP contribution in [0.2, 0.25) is 5.15 Å². The number of aryl methyl sites for hydroxylation is 1. The number of hydrogen-bond donors (Lipinski definition) is 2. The summed E-state index contributed by atoms with van der Waals surface area (Å²) in [5, 5.41) is 3.17. The van der Waals surface area contributed by atoms with Gasteiger partial charge in [0.05, 0.1) is 30.6 Å². The van der Waals surface area contributed by atoms with Gasteiger partial charge >= 0.3 is 0 Å². The van der Waals surface area contributed by atoms with Crippen LogP contribution in [-0.4, -0.2) is 17.5 Å². The molecule has 3 N–H and O–H groups in total. The fourth-order valence-corrected chi connectivity index (χ4v) is 1.82. The molecule has 0 aliphatic heterocycles. The van der Waals surface area contributed by atoms with E-state index in [2.05, 4.69) is 10.3 Å². The van der Waals surface area contributed by atoms with Crippen LogP contribution in [0, 0.1) is 6.92 Å². The van der Waals surface area contributed by atoms with Crippen molar-refractivity contribution in [1.82, 2.24) is 4.98 Å². The molecule has 2 rings (SSSR count). The molecule has 1 heterocycles. The predicted molar refractivity (Wildman–Crippen MR) is 83.6 cm³/mol. The number of hydrogen-bond acceptors (Lipinski definition) is 4. The zero-order chi connectivity index (χ0) is 15.2. The van der Waals surface area contributed by atoms with Gasteiger partial charge < -0.3 is 15.8 Å². The van der Waals surface area contributed by atoms with Crippen LogP contribution in [0.4, 0.5) is 11.4 Å². The quantitative estimate of drug-likeness (QED) is 0.657. The number of nitrogens with two attached hydrogens (primary N) is 1. The van der Waals surface area contributed by atoms with Crippen molar-refractivity contribution in [1.29, 1.82) is 0 Å². The molecule has 0 saturated carbocycles. The molecule has 1 aromatic carbocycles. The van der Waals surface area contributed by atoms with E-state index in [1.165, 1.54) is 6.20 Å². The lowest BCUT2D eigenvalue weighted by atomic mass is 10.3. The Morgan fingerprint density at radius 3 is 2.90 bits per heavy atom. The molecule has 5 nitrogen and oxygen atoms in total. The van der Waals surface area contributed by atoms with Gasteiger partial charge in [-0.25, -0.2) is 4.98 Å². The Labute approximate surface area is 128 Å². The lowest BCUT2D eigenvalue weighted by Gasteiger charge is -2.09. The van der Waals surface area contributed by atoms with E-state index in [1.807, 2.05) is 19.1 Å². The average Bonchev–Trinajstić information content (AvgIpc) is 2.45. The van der Waals surface area contributed by atoms with Gasteiger partial charge in [-0.05, 0) is 30.7 Å². The second-order valence-corrected chi connectivity index (χ2v) is 4.87. The summed E-state index contributed by atoms with van der Waals surface area (Å²) in [5.41, 5.74) is 7.72. The molecule has 0 aliphatic rings. The van der Waals surface area contributed by atoms with Crippen LogP contribution in [0.5, 0.6) is 5.75 Å². The van der Waals surface area contributed by atoms with Crippen LogP contribution in [0.1, 0.15) is 12.0 Å². The number of rotatable bonds is 5. The van der Waals surface area contributed by atoms with Gasteiger partial charge in [0.2, 0.25) is 5.91 Å². The highest BCUT2D eigenvalue weighted by Gasteiger charge is 2.06. The van der Waals surface area contributed by atoms with Gasteiger partial charge in [0.25, 0.3) is 0 Å². The van der Waals surface area contributed by atoms with E-state index in [0.29, 0.717) is 22.3 Å². The minimum Gasteiger partial charge on any atom is -0.491 e. The summed E-state index contributed by atoms with van der Waals surface area (Å²) in [6.07, 6.45) is 1.74. The molecule has 1 amide bonds. The number of carbonyl (C=O) groups is 1. The Morgan fingerprint density at radius 2 is 2.19 bits per heavy atom. The first-order chi connectivity index (χ1) is 10.1. The van der Waals surface area contributed by atoms with Crippen molar-refractivity contribution in [3.63, 3.8) is 0 Å². The number of ether oxygens (including phenoxy) is 1. The number of para-hydroxylation sites is 2. The molecule has 110 valence electrons. The van der Waals surface area contributed by atoms with Crippen LogP contribution in [0.3, 0.4) is 0 Å². The summed E-state index contributed by atoms with van der Waals surface area (Å²) in [6, 6.07) is 8.93. The summed E-state index contributed by atoms with van der Waals surface area (Å²) >= 11 is 5.83. The molecular weight excluding hydrogens is 290 g/mol. The fraction of sp³-hybridized carbons (Fsp3) is 0.200. The van der Waals surface area contributed by atoms with Crippen LogP contribution in [0.25, 0.3) is 0 Å². The largest absolute Gasteiger partial charge is 0.491 e. The number of nitrogens with one attached hydrogen (secondary N) is 1. The average molecular weight is 306 g/mol. The lowest BCUT2D eigenvalue weighted by molar-refractivity contribution is -0.116. The molecule has 2 aromatic rings. The summed E-state index contributed by atoms with van der Waals surface area (Å²) in [5.74, 6) is 0.419. The molecule has 6 heteroatoms. The number of carbonyl (C=O) groups excluding carboxylic acids is 1. The minimum absolute atomic E-state index is 0.159. The van der Waals surface area contributed by atoms with Crippen molar-refractivity contribution in [2.45, 2.75) is 13.3 Å². The molecule has 0 spiro atoms. The molecule has 0 unspecified atom stereocenters. The van der Waals surface area contributed by atoms with Crippen molar-refractivity contribution >= 4 is 28.9 Å². The van der Waals surface area contributed by atoms with Crippen LogP contribution in [-0.2, 0) is 4.79 Å². The molecule has 0 aliphatic carbocycles. The standard InChI is InChI=1S/C15H16ClN3O2/c1-10-8-11(9-18-15(10)16)19-14(20)6-7-21-13-5-3-2-4-12(13)17/h2-5,8-9H,6-7,17H2,1H3,(H,19,20). The van der Waals surface area contributed by atoms with Crippen LogP contribution in [0.15, 0.2) is 36.5 Å². The summed E-state index contributed by atoms with van der Waals surface area (Å²) in [6.45, 7) is 2.08. The number of amides is 1. The zero-order valence-corrected chi connectivity index (χ0v) is 12.4. The maximum Gasteiger partial charge on any atom is 0.227 e. The third-order valence-electron chi connectivity index (χ3n) is 2.80. The van der Waals surface area contributed by atoms with Crippen molar-refractivity contribution in [2.24, 2.45) is 0 Å². The number of anilines is 2. The normalized spacial score (nSPS) is 10.2. The van der Waals surface area contributed by atoms with E-state index in [0.717, 1.165) is 5.56 Å². The van der Waals surface area contributed by atoms with Crippen molar-refractivity contribution in [3.05, 3.63) is 47.2 Å². The van der Waals surface area contributed by atoms with Crippen molar-refractivity contribution in [2.75, 3.05) is 17.7 Å². The van der Waals surface area contributed by atoms with Gasteiger partial charge in [-0.3, -0.25) is 4.79 Å². The van der Waals surface area contributed by atoms with E-state index >= 15 is 0 Å². The first-order valence-electron chi connectivity index (χ1n) is 6.45. The molecule has 0 fully saturated rings. The monoisotopic (exact) mass is 305 g/mol. The number of nitrogens with zero attached hydrogens (tertiary/aromatic N) is 1. The summed E-state index contributed by atoms with van der Waals surface area (Å²) < 4.78 is 5.47. The van der Waals surface area contributed by atoms with Crippen molar-refractivity contribution < 1.29 is 9.53 Å². The molecule has 0 bridgehead atoms. The highest BCUT2D eigenvalue weighted by Crippen LogP contribution is 2.20. The molecule has 0 atom stereocenters. The Morgan fingerprint density at radius 1 is 1.43 bits per heavy atom. The fourth-order valence-electron chi connectivity index (χ4n) is 1.72. The Hall–Kier alpha value is -2.27. The van der Waals surface area contributed by atoms with Gasteiger partial charge in [-0.1, -0.05) is 23.7 Å². The second kappa shape index (κ2) is 6.95. The smallest absolute Gasteiger partial charge is 0.227 e. The Kier molecular flexibility index (Phi) is 5.00. The van der Waals surface area contributed by atoms with Crippen LogP contribution >= 0.6 is 11.6 Å². The molecular formula is C15H16ClN3O2. The molecule has 0 saturated heterocycles. The maximum absolute atomic E-state index is 11.8. The van der Waals surface area contributed by atoms with E-state index in [9.17, 15) is 4.79 Å². The highest BCUT2D eigenvalue weighted by atomic mass is 35.5. The third-order valence-corrected chi connectivity index (χ3v) is 3.20. The Balaban J connectivity index is 1.82. The van der Waals surface area contributed by atoms with Gasteiger partial charge in [0.1, 0.15) is 10.9 Å². The van der Waals surface area contributed by atoms with Gasteiger partial charge in [-0.2, -0.15) is 0 Å². The highest BCUT2D eigenvalue weighted by molar-refractivity contribution is 6.30. The van der Waals surface area contributed by atoms with Gasteiger partial charge in [-0.15, -0.1) is 0 Å². The number of pyridine rings is 1. The molecule has 21 heavy (non-hydrogen) atoms. The summed E-state index contributed by atoms with van der Waals surface area (Å²) in [7, 11) is 0. The number of halogens is 1. The van der Waals surface area contributed by atoms with E-state index in [4.69, 9.17) is 22.1 Å². The number of benzene rings is 1. The van der Waals surface area contributed by atoms with Crippen molar-refractivity contribution in [3.8, 4) is 5.75 Å². The number of nitrogen functional groups attached to an aromatic ring is 1. The zero-order valence-electron chi connectivity index (χ0n) is 11.6. The minimum atomic E-state index is -0.159. The molecule has 1 aromatic heterocycles. The van der Waals surface area contributed by atoms with Crippen LogP contribution < -0.4 is 15.8 Å². The predicted octanol–water partition coefficient (Wildman–Crippen LogP) is 3.03. The molecule has 0 radical (unpaired) electrons.